The van der Waals surface area contributed by atoms with E-state index in [2.05, 4.69) is 13.5 Å². The summed E-state index contributed by atoms with van der Waals surface area (Å²) in [5, 5.41) is 25.3. The number of rotatable bonds is 23. The monoisotopic (exact) mass is 442 g/mol. The summed E-state index contributed by atoms with van der Waals surface area (Å²) in [5.74, 6) is -0.842. The predicted molar refractivity (Wildman–Crippen MR) is 134 cm³/mol. The Kier molecular flexibility index (Phi) is 30.4. The zero-order valence-electron chi connectivity index (χ0n) is 20.7. The van der Waals surface area contributed by atoms with Gasteiger partial charge in [-0.25, -0.2) is 4.79 Å². The smallest absolute Gasteiger partial charge is 0.330 e. The first-order valence-corrected chi connectivity index (χ1v) is 13.2. The molecule has 186 valence electrons. The molecule has 0 heterocycles. The van der Waals surface area contributed by atoms with Gasteiger partial charge in [-0.2, -0.15) is 0 Å². The molecule has 0 spiro atoms. The lowest BCUT2D eigenvalue weighted by atomic mass is 10.0. The number of carboxylic acids is 1. The van der Waals surface area contributed by atoms with Gasteiger partial charge in [0.1, 0.15) is 0 Å². The zero-order chi connectivity index (χ0) is 23.4. The van der Waals surface area contributed by atoms with Crippen LogP contribution >= 0.6 is 0 Å². The fourth-order valence-corrected chi connectivity index (χ4v) is 3.57. The van der Waals surface area contributed by atoms with Crippen LogP contribution < -0.4 is 0 Å². The molecular weight excluding hydrogens is 388 g/mol. The van der Waals surface area contributed by atoms with Gasteiger partial charge in [-0.15, -0.1) is 0 Å². The van der Waals surface area contributed by atoms with E-state index in [0.29, 0.717) is 12.0 Å². The highest BCUT2D eigenvalue weighted by molar-refractivity contribution is 5.85. The van der Waals surface area contributed by atoms with Crippen LogP contribution in [-0.4, -0.2) is 34.5 Å². The van der Waals surface area contributed by atoms with Crippen molar-refractivity contribution in [2.45, 2.75) is 142 Å². The second kappa shape index (κ2) is 29.1. The number of carboxylic acid groups (broad SMARTS) is 1. The first kappa shape index (κ1) is 32.3. The lowest BCUT2D eigenvalue weighted by Gasteiger charge is -2.04. The molecule has 0 radical (unpaired) electrons. The van der Waals surface area contributed by atoms with Gasteiger partial charge in [-0.1, -0.05) is 123 Å². The molecule has 0 aromatic rings. The second-order valence-corrected chi connectivity index (χ2v) is 8.82. The van der Waals surface area contributed by atoms with Crippen molar-refractivity contribution in [3.05, 3.63) is 12.2 Å². The van der Waals surface area contributed by atoms with Crippen molar-refractivity contribution in [3.63, 3.8) is 0 Å². The normalized spacial score (nSPS) is 10.5. The van der Waals surface area contributed by atoms with E-state index in [9.17, 15) is 4.79 Å². The summed E-state index contributed by atoms with van der Waals surface area (Å²) >= 11 is 0. The number of aliphatic hydroxyl groups is 2. The summed E-state index contributed by atoms with van der Waals surface area (Å²) in [6.45, 7) is 6.40. The molecule has 0 fully saturated rings. The minimum absolute atomic E-state index is 0.283. The number of hydrogen-bond donors (Lipinski definition) is 3. The van der Waals surface area contributed by atoms with Crippen molar-refractivity contribution in [1.29, 1.82) is 0 Å². The highest BCUT2D eigenvalue weighted by atomic mass is 16.4. The van der Waals surface area contributed by atoms with E-state index in [1.54, 1.807) is 0 Å². The molecule has 4 heteroatoms. The van der Waals surface area contributed by atoms with Crippen LogP contribution in [0.1, 0.15) is 142 Å². The Bertz CT molecular complexity index is 362. The maximum absolute atomic E-state index is 10.6. The van der Waals surface area contributed by atoms with Crippen LogP contribution in [0.25, 0.3) is 0 Å². The minimum atomic E-state index is -0.842. The topological polar surface area (TPSA) is 77.8 Å². The van der Waals surface area contributed by atoms with Crippen molar-refractivity contribution in [3.8, 4) is 0 Å². The molecule has 3 N–H and O–H groups in total. The van der Waals surface area contributed by atoms with Gasteiger partial charge in [0, 0.05) is 18.8 Å². The molecule has 31 heavy (non-hydrogen) atoms. The zero-order valence-corrected chi connectivity index (χ0v) is 20.7. The molecule has 0 aliphatic carbocycles. The third kappa shape index (κ3) is 31.4. The van der Waals surface area contributed by atoms with Crippen LogP contribution in [0.5, 0.6) is 0 Å². The molecule has 0 saturated carbocycles. The molecular formula is C27H54O4. The van der Waals surface area contributed by atoms with E-state index < -0.39 is 5.97 Å². The van der Waals surface area contributed by atoms with Gasteiger partial charge in [-0.05, 0) is 25.7 Å². The summed E-state index contributed by atoms with van der Waals surface area (Å²) in [5.41, 5.74) is 0.357. The summed E-state index contributed by atoms with van der Waals surface area (Å²) in [7, 11) is 0. The van der Waals surface area contributed by atoms with Crippen LogP contribution in [-0.2, 0) is 4.79 Å². The molecule has 0 aliphatic heterocycles. The van der Waals surface area contributed by atoms with Gasteiger partial charge < -0.3 is 15.3 Å². The van der Waals surface area contributed by atoms with Crippen molar-refractivity contribution in [2.75, 3.05) is 13.2 Å². The molecule has 0 aromatic carbocycles. The van der Waals surface area contributed by atoms with Crippen molar-refractivity contribution < 1.29 is 20.1 Å². The molecule has 0 aromatic heterocycles. The number of aliphatic hydroxyl groups excluding tert-OH is 2. The number of hydrogen-bond acceptors (Lipinski definition) is 3. The van der Waals surface area contributed by atoms with E-state index in [1.165, 1.54) is 89.9 Å². The van der Waals surface area contributed by atoms with Crippen LogP contribution in [0.15, 0.2) is 12.2 Å². The van der Waals surface area contributed by atoms with Gasteiger partial charge in [0.2, 0.25) is 0 Å². The molecule has 0 amide bonds. The highest BCUT2D eigenvalue weighted by Gasteiger charge is 2.02. The van der Waals surface area contributed by atoms with Crippen LogP contribution in [0.2, 0.25) is 0 Å². The first-order chi connectivity index (χ1) is 15.1. The largest absolute Gasteiger partial charge is 0.478 e. The Labute approximate surface area is 193 Å². The fourth-order valence-electron chi connectivity index (χ4n) is 3.57. The Morgan fingerprint density at radius 1 is 0.548 bits per heavy atom. The van der Waals surface area contributed by atoms with E-state index in [4.69, 9.17) is 15.3 Å². The third-order valence-corrected chi connectivity index (χ3v) is 5.70. The molecule has 0 saturated heterocycles. The van der Waals surface area contributed by atoms with Crippen molar-refractivity contribution in [2.24, 2.45) is 0 Å². The lowest BCUT2D eigenvalue weighted by Crippen LogP contribution is -1.98. The van der Waals surface area contributed by atoms with Crippen LogP contribution in [0, 0.1) is 0 Å². The standard InChI is InChI=1S/C21H40O2.C6H14O2/c1-3-4-5-6-7-8-9-10-11-12-13-14-15-16-17-18-19-20(2)21(22)23;7-5-3-1-2-4-6-8/h2-19H2,1H3,(H,22,23);7-8H,1-6H2. The molecule has 0 unspecified atom stereocenters. The lowest BCUT2D eigenvalue weighted by molar-refractivity contribution is -0.132. The number of unbranched alkanes of at least 4 members (excludes halogenated alkanes) is 18. The van der Waals surface area contributed by atoms with Crippen LogP contribution in [0.3, 0.4) is 0 Å². The average Bonchev–Trinajstić information content (AvgIpc) is 2.76. The minimum Gasteiger partial charge on any atom is -0.478 e. The Morgan fingerprint density at radius 3 is 1.13 bits per heavy atom. The summed E-state index contributed by atoms with van der Waals surface area (Å²) in [6.07, 6.45) is 26.0. The molecule has 0 aliphatic rings. The molecule has 0 rings (SSSR count). The average molecular weight is 443 g/mol. The quantitative estimate of drug-likeness (QED) is 0.111. The van der Waals surface area contributed by atoms with Gasteiger partial charge >= 0.3 is 5.97 Å². The predicted octanol–water partition coefficient (Wildman–Crippen LogP) is 7.81. The van der Waals surface area contributed by atoms with Crippen molar-refractivity contribution >= 4 is 5.97 Å². The van der Waals surface area contributed by atoms with Gasteiger partial charge in [-0.3, -0.25) is 0 Å². The third-order valence-electron chi connectivity index (χ3n) is 5.70. The Balaban J connectivity index is 0. The van der Waals surface area contributed by atoms with Gasteiger partial charge in [0.05, 0.1) is 0 Å². The van der Waals surface area contributed by atoms with Gasteiger partial charge in [0.15, 0.2) is 0 Å². The molecule has 0 atom stereocenters. The molecule has 4 nitrogen and oxygen atoms in total. The SMILES string of the molecule is C=C(CCCCCCCCCCCCCCCCCC)C(=O)O.OCCCCCCO. The van der Waals surface area contributed by atoms with E-state index in [0.717, 1.165) is 38.5 Å². The Morgan fingerprint density at radius 2 is 0.839 bits per heavy atom. The van der Waals surface area contributed by atoms with E-state index in [1.807, 2.05) is 0 Å². The van der Waals surface area contributed by atoms with E-state index >= 15 is 0 Å². The van der Waals surface area contributed by atoms with E-state index in [-0.39, 0.29) is 13.2 Å². The Hall–Kier alpha value is -0.870. The summed E-state index contributed by atoms with van der Waals surface area (Å²) in [6, 6.07) is 0. The maximum Gasteiger partial charge on any atom is 0.330 e. The maximum atomic E-state index is 10.6. The fraction of sp³-hybridized carbons (Fsp3) is 0.889. The summed E-state index contributed by atoms with van der Waals surface area (Å²) < 4.78 is 0. The summed E-state index contributed by atoms with van der Waals surface area (Å²) in [4.78, 5) is 10.6. The number of aliphatic carboxylic acids is 1. The first-order valence-electron chi connectivity index (χ1n) is 13.2. The molecule has 0 bridgehead atoms. The van der Waals surface area contributed by atoms with Crippen LogP contribution in [0.4, 0.5) is 0 Å². The van der Waals surface area contributed by atoms with Crippen molar-refractivity contribution in [1.82, 2.24) is 0 Å². The second-order valence-electron chi connectivity index (χ2n) is 8.82. The van der Waals surface area contributed by atoms with Gasteiger partial charge in [0.25, 0.3) is 0 Å². The number of carbonyl (C=O) groups is 1. The highest BCUT2D eigenvalue weighted by Crippen LogP contribution is 2.14.